The van der Waals surface area contributed by atoms with Crippen LogP contribution in [-0.4, -0.2) is 26.2 Å². The molecule has 4 heteroatoms. The number of nitrogens with zero attached hydrogens (tertiary/aromatic N) is 1. The largest absolute Gasteiger partial charge is 0.361 e. The van der Waals surface area contributed by atoms with Gasteiger partial charge >= 0.3 is 0 Å². The fourth-order valence-corrected chi connectivity index (χ4v) is 3.51. The first kappa shape index (κ1) is 10.6. The van der Waals surface area contributed by atoms with Crippen LogP contribution in [0.25, 0.3) is 10.1 Å². The summed E-state index contributed by atoms with van der Waals surface area (Å²) >= 11 is 5.41. The SMILES string of the molecule is Brc1ccc2sc(N3CCNCC3)cc2c1. The van der Waals surface area contributed by atoms with E-state index in [1.54, 1.807) is 0 Å². The number of nitrogens with one attached hydrogen (secondary N) is 1. The van der Waals surface area contributed by atoms with E-state index in [0.29, 0.717) is 0 Å². The quantitative estimate of drug-likeness (QED) is 0.870. The second kappa shape index (κ2) is 4.35. The Morgan fingerprint density at radius 1 is 1.19 bits per heavy atom. The van der Waals surface area contributed by atoms with E-state index < -0.39 is 0 Å². The molecular formula is C12H13BrN2S. The molecule has 0 spiro atoms. The molecule has 3 rings (SSSR count). The lowest BCUT2D eigenvalue weighted by Gasteiger charge is -2.27. The predicted octanol–water partition coefficient (Wildman–Crippen LogP) is 3.07. The molecule has 0 atom stereocenters. The maximum atomic E-state index is 3.52. The molecule has 1 fully saturated rings. The van der Waals surface area contributed by atoms with Crippen LogP contribution in [0, 0.1) is 0 Å². The second-order valence-electron chi connectivity index (χ2n) is 4.00. The van der Waals surface area contributed by atoms with E-state index >= 15 is 0 Å². The predicted molar refractivity (Wildman–Crippen MR) is 74.6 cm³/mol. The van der Waals surface area contributed by atoms with Crippen LogP contribution < -0.4 is 10.2 Å². The smallest absolute Gasteiger partial charge is 0.0921 e. The highest BCUT2D eigenvalue weighted by Gasteiger charge is 2.12. The van der Waals surface area contributed by atoms with Crippen LogP contribution in [-0.2, 0) is 0 Å². The molecule has 2 nitrogen and oxygen atoms in total. The Labute approximate surface area is 107 Å². The highest BCUT2D eigenvalue weighted by atomic mass is 79.9. The molecule has 1 N–H and O–H groups in total. The van der Waals surface area contributed by atoms with Crippen molar-refractivity contribution in [2.24, 2.45) is 0 Å². The van der Waals surface area contributed by atoms with Crippen LogP contribution in [0.4, 0.5) is 5.00 Å². The zero-order valence-electron chi connectivity index (χ0n) is 8.87. The van der Waals surface area contributed by atoms with Gasteiger partial charge in [-0.25, -0.2) is 0 Å². The molecule has 0 radical (unpaired) electrons. The molecule has 0 bridgehead atoms. The lowest BCUT2D eigenvalue weighted by Crippen LogP contribution is -2.43. The molecule has 0 saturated carbocycles. The van der Waals surface area contributed by atoms with Crippen LogP contribution in [0.5, 0.6) is 0 Å². The zero-order chi connectivity index (χ0) is 11.0. The first-order valence-electron chi connectivity index (χ1n) is 5.48. The van der Waals surface area contributed by atoms with Gasteiger partial charge in [-0.1, -0.05) is 15.9 Å². The first-order valence-corrected chi connectivity index (χ1v) is 7.09. The fraction of sp³-hybridized carbons (Fsp3) is 0.333. The number of hydrogen-bond donors (Lipinski definition) is 1. The van der Waals surface area contributed by atoms with E-state index in [0.717, 1.165) is 30.7 Å². The van der Waals surface area contributed by atoms with Gasteiger partial charge in [-0.3, -0.25) is 0 Å². The van der Waals surface area contributed by atoms with Gasteiger partial charge in [-0.2, -0.15) is 0 Å². The molecule has 0 amide bonds. The number of anilines is 1. The number of hydrogen-bond acceptors (Lipinski definition) is 3. The maximum absolute atomic E-state index is 3.52. The minimum Gasteiger partial charge on any atom is -0.361 e. The van der Waals surface area contributed by atoms with Crippen molar-refractivity contribution in [1.29, 1.82) is 0 Å². The minimum atomic E-state index is 1.10. The van der Waals surface area contributed by atoms with Crippen molar-refractivity contribution in [3.8, 4) is 0 Å². The summed E-state index contributed by atoms with van der Waals surface area (Å²) in [7, 11) is 0. The van der Waals surface area contributed by atoms with Gasteiger partial charge in [0.25, 0.3) is 0 Å². The van der Waals surface area contributed by atoms with Crippen molar-refractivity contribution in [3.63, 3.8) is 0 Å². The first-order chi connectivity index (χ1) is 7.83. The topological polar surface area (TPSA) is 15.3 Å². The van der Waals surface area contributed by atoms with E-state index in [4.69, 9.17) is 0 Å². The molecule has 0 unspecified atom stereocenters. The van der Waals surface area contributed by atoms with Crippen LogP contribution in [0.3, 0.4) is 0 Å². The van der Waals surface area contributed by atoms with Crippen molar-refractivity contribution >= 4 is 42.4 Å². The lowest BCUT2D eigenvalue weighted by molar-refractivity contribution is 0.592. The summed E-state index contributed by atoms with van der Waals surface area (Å²) < 4.78 is 2.53. The Morgan fingerprint density at radius 2 is 2.00 bits per heavy atom. The third-order valence-electron chi connectivity index (χ3n) is 2.89. The molecule has 2 heterocycles. The maximum Gasteiger partial charge on any atom is 0.0921 e. The van der Waals surface area contributed by atoms with Gasteiger partial charge in [0.15, 0.2) is 0 Å². The van der Waals surface area contributed by atoms with Gasteiger partial charge in [-0.15, -0.1) is 11.3 Å². The molecular weight excluding hydrogens is 284 g/mol. The molecule has 1 saturated heterocycles. The monoisotopic (exact) mass is 296 g/mol. The third-order valence-corrected chi connectivity index (χ3v) is 4.56. The molecule has 1 aromatic heterocycles. The Balaban J connectivity index is 1.97. The summed E-state index contributed by atoms with van der Waals surface area (Å²) in [5.74, 6) is 0. The van der Waals surface area contributed by atoms with Gasteiger partial charge < -0.3 is 10.2 Å². The summed E-state index contributed by atoms with van der Waals surface area (Å²) in [4.78, 5) is 2.47. The molecule has 16 heavy (non-hydrogen) atoms. The second-order valence-corrected chi connectivity index (χ2v) is 5.98. The Bertz CT molecular complexity index is 503. The third kappa shape index (κ3) is 1.97. The number of fused-ring (bicyclic) bond motifs is 1. The summed E-state index contributed by atoms with van der Waals surface area (Å²) in [6.07, 6.45) is 0. The van der Waals surface area contributed by atoms with Crippen molar-refractivity contribution < 1.29 is 0 Å². The summed E-state index contributed by atoms with van der Waals surface area (Å²) in [6.45, 7) is 4.43. The van der Waals surface area contributed by atoms with E-state index in [1.165, 1.54) is 15.1 Å². The van der Waals surface area contributed by atoms with E-state index in [-0.39, 0.29) is 0 Å². The van der Waals surface area contributed by atoms with Crippen molar-refractivity contribution in [3.05, 3.63) is 28.7 Å². The Morgan fingerprint density at radius 3 is 2.81 bits per heavy atom. The van der Waals surface area contributed by atoms with Gasteiger partial charge in [-0.05, 0) is 29.7 Å². The number of rotatable bonds is 1. The van der Waals surface area contributed by atoms with Crippen LogP contribution in [0.2, 0.25) is 0 Å². The Hall–Kier alpha value is -0.580. The van der Waals surface area contributed by atoms with Gasteiger partial charge in [0.1, 0.15) is 0 Å². The highest BCUT2D eigenvalue weighted by Crippen LogP contribution is 2.34. The van der Waals surface area contributed by atoms with E-state index in [1.807, 2.05) is 11.3 Å². The summed E-state index contributed by atoms with van der Waals surface area (Å²) in [5, 5.41) is 6.12. The van der Waals surface area contributed by atoms with Gasteiger partial charge in [0, 0.05) is 35.4 Å². The van der Waals surface area contributed by atoms with Crippen LogP contribution in [0.1, 0.15) is 0 Å². The lowest BCUT2D eigenvalue weighted by atomic mass is 10.2. The molecule has 0 aliphatic carbocycles. The standard InChI is InChI=1S/C12H13BrN2S/c13-10-1-2-11-9(7-10)8-12(16-11)15-5-3-14-4-6-15/h1-2,7-8,14H,3-6H2. The molecule has 1 aliphatic heterocycles. The number of thiophene rings is 1. The van der Waals surface area contributed by atoms with Crippen LogP contribution >= 0.6 is 27.3 Å². The number of halogens is 1. The normalized spacial score (nSPS) is 16.9. The average molecular weight is 297 g/mol. The van der Waals surface area contributed by atoms with Crippen molar-refractivity contribution in [1.82, 2.24) is 5.32 Å². The van der Waals surface area contributed by atoms with Gasteiger partial charge in [0.05, 0.1) is 5.00 Å². The molecule has 1 aliphatic rings. The minimum absolute atomic E-state index is 1.10. The highest BCUT2D eigenvalue weighted by molar-refractivity contribution is 9.10. The Kier molecular flexibility index (Phi) is 2.88. The van der Waals surface area contributed by atoms with Gasteiger partial charge in [0.2, 0.25) is 0 Å². The summed E-state index contributed by atoms with van der Waals surface area (Å²) in [6, 6.07) is 8.80. The number of piperazine rings is 1. The van der Waals surface area contributed by atoms with Crippen molar-refractivity contribution in [2.75, 3.05) is 31.1 Å². The van der Waals surface area contributed by atoms with Crippen LogP contribution in [0.15, 0.2) is 28.7 Å². The molecule has 2 aromatic rings. The fourth-order valence-electron chi connectivity index (χ4n) is 2.04. The van der Waals surface area contributed by atoms with Crippen molar-refractivity contribution in [2.45, 2.75) is 0 Å². The van der Waals surface area contributed by atoms with E-state index in [2.05, 4.69) is 50.4 Å². The number of benzene rings is 1. The summed E-state index contributed by atoms with van der Waals surface area (Å²) in [5.41, 5.74) is 0. The molecule has 84 valence electrons. The average Bonchev–Trinajstić information content (AvgIpc) is 2.73. The van der Waals surface area contributed by atoms with E-state index in [9.17, 15) is 0 Å². The zero-order valence-corrected chi connectivity index (χ0v) is 11.3. The molecule has 1 aromatic carbocycles.